The number of hydrogen-bond acceptors (Lipinski definition) is 2. The molecule has 2 unspecified atom stereocenters. The maximum Gasteiger partial charge on any atom is 0.0713 e. The van der Waals surface area contributed by atoms with E-state index in [-0.39, 0.29) is 11.1 Å². The molecule has 0 aliphatic heterocycles. The molecule has 1 saturated carbocycles. The molecule has 78 valence electrons. The first-order valence-electron chi connectivity index (χ1n) is 5.15. The summed E-state index contributed by atoms with van der Waals surface area (Å²) in [7, 11) is 0. The standard InChI is InChI=1S/C11H23NO/c1-6-10(4,12)8-13-11(5)7-9(11,2)3/h6-8,12H2,1-5H3. The lowest BCUT2D eigenvalue weighted by molar-refractivity contribution is -0.00594. The van der Waals surface area contributed by atoms with Crippen LogP contribution in [0.3, 0.4) is 0 Å². The van der Waals surface area contributed by atoms with Crippen molar-refractivity contribution in [1.82, 2.24) is 0 Å². The van der Waals surface area contributed by atoms with Crippen molar-refractivity contribution < 1.29 is 4.74 Å². The van der Waals surface area contributed by atoms with Crippen LogP contribution in [-0.4, -0.2) is 17.7 Å². The number of rotatable bonds is 4. The molecule has 2 atom stereocenters. The van der Waals surface area contributed by atoms with E-state index < -0.39 is 0 Å². The summed E-state index contributed by atoms with van der Waals surface area (Å²) in [4.78, 5) is 0. The first-order chi connectivity index (χ1) is 5.72. The van der Waals surface area contributed by atoms with E-state index in [1.54, 1.807) is 0 Å². The molecule has 0 bridgehead atoms. The van der Waals surface area contributed by atoms with Gasteiger partial charge in [-0.25, -0.2) is 0 Å². The minimum Gasteiger partial charge on any atom is -0.373 e. The topological polar surface area (TPSA) is 35.2 Å². The molecule has 1 aliphatic carbocycles. The van der Waals surface area contributed by atoms with Crippen molar-refractivity contribution in [3.05, 3.63) is 0 Å². The predicted molar refractivity (Wildman–Crippen MR) is 55.6 cm³/mol. The maximum atomic E-state index is 6.01. The molecule has 2 nitrogen and oxygen atoms in total. The van der Waals surface area contributed by atoms with Gasteiger partial charge in [0.15, 0.2) is 0 Å². The van der Waals surface area contributed by atoms with E-state index >= 15 is 0 Å². The van der Waals surface area contributed by atoms with Gasteiger partial charge in [0.2, 0.25) is 0 Å². The van der Waals surface area contributed by atoms with E-state index in [1.165, 1.54) is 0 Å². The van der Waals surface area contributed by atoms with E-state index in [9.17, 15) is 0 Å². The van der Waals surface area contributed by atoms with Crippen LogP contribution in [0.2, 0.25) is 0 Å². The summed E-state index contributed by atoms with van der Waals surface area (Å²) in [5.41, 5.74) is 6.27. The minimum absolute atomic E-state index is 0.0722. The Bertz CT molecular complexity index is 198. The third-order valence-electron chi connectivity index (χ3n) is 3.61. The smallest absolute Gasteiger partial charge is 0.0713 e. The Kier molecular flexibility index (Phi) is 2.50. The largest absolute Gasteiger partial charge is 0.373 e. The summed E-state index contributed by atoms with van der Waals surface area (Å²) in [6, 6.07) is 0. The van der Waals surface area contributed by atoms with Crippen LogP contribution in [0.25, 0.3) is 0 Å². The second kappa shape index (κ2) is 2.96. The number of ether oxygens (including phenoxy) is 1. The Morgan fingerprint density at radius 3 is 2.15 bits per heavy atom. The van der Waals surface area contributed by atoms with E-state index in [2.05, 4.69) is 27.7 Å². The van der Waals surface area contributed by atoms with Gasteiger partial charge in [-0.1, -0.05) is 20.8 Å². The lowest BCUT2D eigenvalue weighted by atomic mass is 10.0. The lowest BCUT2D eigenvalue weighted by Crippen LogP contribution is -2.42. The lowest BCUT2D eigenvalue weighted by Gasteiger charge is -2.26. The van der Waals surface area contributed by atoms with Crippen molar-refractivity contribution >= 4 is 0 Å². The van der Waals surface area contributed by atoms with Crippen LogP contribution >= 0.6 is 0 Å². The highest BCUT2D eigenvalue weighted by molar-refractivity contribution is 5.09. The molecule has 0 aromatic heterocycles. The van der Waals surface area contributed by atoms with Crippen LogP contribution in [0.5, 0.6) is 0 Å². The fraction of sp³-hybridized carbons (Fsp3) is 1.00. The first-order valence-corrected chi connectivity index (χ1v) is 5.15. The Morgan fingerprint density at radius 2 is 1.85 bits per heavy atom. The van der Waals surface area contributed by atoms with Gasteiger partial charge < -0.3 is 10.5 Å². The van der Waals surface area contributed by atoms with Crippen LogP contribution in [0.4, 0.5) is 0 Å². The average Bonchev–Trinajstić information content (AvgIpc) is 2.49. The molecule has 0 radical (unpaired) electrons. The predicted octanol–water partition coefficient (Wildman–Crippen LogP) is 2.32. The maximum absolute atomic E-state index is 6.01. The van der Waals surface area contributed by atoms with E-state index in [1.807, 2.05) is 6.92 Å². The van der Waals surface area contributed by atoms with Gasteiger partial charge >= 0.3 is 0 Å². The molecule has 0 amide bonds. The molecule has 1 fully saturated rings. The van der Waals surface area contributed by atoms with Gasteiger partial charge in [-0.2, -0.15) is 0 Å². The zero-order chi connectivity index (χ0) is 10.3. The molecule has 2 heteroatoms. The highest BCUT2D eigenvalue weighted by Crippen LogP contribution is 2.58. The van der Waals surface area contributed by atoms with Crippen molar-refractivity contribution in [3.63, 3.8) is 0 Å². The third kappa shape index (κ3) is 2.23. The van der Waals surface area contributed by atoms with E-state index in [0.29, 0.717) is 12.0 Å². The van der Waals surface area contributed by atoms with Crippen molar-refractivity contribution in [1.29, 1.82) is 0 Å². The Hall–Kier alpha value is -0.0800. The fourth-order valence-electron chi connectivity index (χ4n) is 1.47. The van der Waals surface area contributed by atoms with Gasteiger partial charge in [-0.15, -0.1) is 0 Å². The molecule has 0 saturated heterocycles. The fourth-order valence-corrected chi connectivity index (χ4v) is 1.47. The summed E-state index contributed by atoms with van der Waals surface area (Å²) in [6.45, 7) is 11.5. The van der Waals surface area contributed by atoms with Crippen molar-refractivity contribution in [2.45, 2.75) is 58.6 Å². The minimum atomic E-state index is -0.165. The van der Waals surface area contributed by atoms with Gasteiger partial charge in [-0.05, 0) is 32.1 Å². The SMILES string of the molecule is CCC(C)(N)COC1(C)CC1(C)C. The zero-order valence-electron chi connectivity index (χ0n) is 9.61. The van der Waals surface area contributed by atoms with Crippen LogP contribution in [0.1, 0.15) is 47.5 Å². The number of hydrogen-bond donors (Lipinski definition) is 1. The molecular formula is C11H23NO. The second-order valence-electron chi connectivity index (χ2n) is 5.59. The molecule has 0 aromatic rings. The summed E-state index contributed by atoms with van der Waals surface area (Å²) in [5, 5.41) is 0. The first kappa shape index (κ1) is 11.0. The summed E-state index contributed by atoms with van der Waals surface area (Å²) in [6.07, 6.45) is 2.11. The van der Waals surface area contributed by atoms with Crippen molar-refractivity contribution in [2.75, 3.05) is 6.61 Å². The third-order valence-corrected chi connectivity index (χ3v) is 3.61. The van der Waals surface area contributed by atoms with Crippen LogP contribution in [-0.2, 0) is 4.74 Å². The van der Waals surface area contributed by atoms with Crippen LogP contribution in [0.15, 0.2) is 0 Å². The quantitative estimate of drug-likeness (QED) is 0.729. The molecule has 13 heavy (non-hydrogen) atoms. The number of nitrogens with two attached hydrogens (primary N) is 1. The van der Waals surface area contributed by atoms with E-state index in [0.717, 1.165) is 12.8 Å². The molecule has 1 aliphatic rings. The van der Waals surface area contributed by atoms with Gasteiger partial charge in [0.05, 0.1) is 12.2 Å². The van der Waals surface area contributed by atoms with Gasteiger partial charge in [0.25, 0.3) is 0 Å². The summed E-state index contributed by atoms with van der Waals surface area (Å²) in [5.74, 6) is 0. The molecular weight excluding hydrogens is 162 g/mol. The Morgan fingerprint density at radius 1 is 1.38 bits per heavy atom. The summed E-state index contributed by atoms with van der Waals surface area (Å²) < 4.78 is 5.89. The zero-order valence-corrected chi connectivity index (χ0v) is 9.61. The Balaban J connectivity index is 2.37. The molecule has 2 N–H and O–H groups in total. The van der Waals surface area contributed by atoms with Gasteiger partial charge in [0, 0.05) is 5.54 Å². The van der Waals surface area contributed by atoms with Crippen LogP contribution in [0, 0.1) is 5.41 Å². The summed E-state index contributed by atoms with van der Waals surface area (Å²) >= 11 is 0. The normalized spacial score (nSPS) is 35.5. The van der Waals surface area contributed by atoms with Crippen molar-refractivity contribution in [3.8, 4) is 0 Å². The highest BCUT2D eigenvalue weighted by Gasteiger charge is 2.59. The Labute approximate surface area is 81.8 Å². The second-order valence-corrected chi connectivity index (χ2v) is 5.59. The van der Waals surface area contributed by atoms with Gasteiger partial charge in [0.1, 0.15) is 0 Å². The molecule has 1 rings (SSSR count). The monoisotopic (exact) mass is 185 g/mol. The molecule has 0 heterocycles. The molecule has 0 spiro atoms. The van der Waals surface area contributed by atoms with Gasteiger partial charge in [-0.3, -0.25) is 0 Å². The highest BCUT2D eigenvalue weighted by atomic mass is 16.5. The van der Waals surface area contributed by atoms with Crippen LogP contribution < -0.4 is 5.73 Å². The average molecular weight is 185 g/mol. The van der Waals surface area contributed by atoms with Crippen molar-refractivity contribution in [2.24, 2.45) is 11.1 Å². The van der Waals surface area contributed by atoms with E-state index in [4.69, 9.17) is 10.5 Å². The molecule has 0 aromatic carbocycles.